The molecule has 2 aliphatic carbocycles. The Balaban J connectivity index is 1.58. The van der Waals surface area contributed by atoms with Crippen molar-refractivity contribution in [2.45, 2.75) is 32.1 Å². The highest BCUT2D eigenvalue weighted by molar-refractivity contribution is 5.89. The van der Waals surface area contributed by atoms with E-state index >= 15 is 0 Å². The van der Waals surface area contributed by atoms with Gasteiger partial charge in [0.05, 0.1) is 13.0 Å². The number of hydrogen-bond donors (Lipinski definition) is 2. The van der Waals surface area contributed by atoms with Crippen LogP contribution in [0.4, 0.5) is 0 Å². The molecule has 1 aromatic rings. The predicted octanol–water partition coefficient (Wildman–Crippen LogP) is 2.59. The lowest BCUT2D eigenvalue weighted by atomic mass is 9.99. The number of benzene rings is 1. The molecule has 1 atom stereocenters. The van der Waals surface area contributed by atoms with Crippen LogP contribution in [0.15, 0.2) is 35.9 Å². The molecule has 3 rings (SSSR count). The number of rotatable bonds is 8. The lowest BCUT2D eigenvalue weighted by Gasteiger charge is -2.15. The number of aromatic hydroxyl groups is 1. The summed E-state index contributed by atoms with van der Waals surface area (Å²) in [5, 5.41) is 12.2. The Morgan fingerprint density at radius 2 is 1.80 bits per heavy atom. The molecule has 0 radical (unpaired) electrons. The van der Waals surface area contributed by atoms with Gasteiger partial charge in [-0.3, -0.25) is 9.59 Å². The number of ether oxygens (including phenoxy) is 1. The number of esters is 1. The topological polar surface area (TPSA) is 75.6 Å². The summed E-state index contributed by atoms with van der Waals surface area (Å²) >= 11 is 0. The zero-order valence-electron chi connectivity index (χ0n) is 14.5. The lowest BCUT2D eigenvalue weighted by Crippen LogP contribution is -2.34. The fraction of sp³-hybridized carbons (Fsp3) is 0.500. The summed E-state index contributed by atoms with van der Waals surface area (Å²) in [4.78, 5) is 24.3. The van der Waals surface area contributed by atoms with Crippen LogP contribution in [0.2, 0.25) is 0 Å². The van der Waals surface area contributed by atoms with Crippen LogP contribution in [0.25, 0.3) is 0 Å². The van der Waals surface area contributed by atoms with E-state index in [0.717, 1.165) is 5.56 Å². The summed E-state index contributed by atoms with van der Waals surface area (Å²) in [5.41, 5.74) is 2.21. The van der Waals surface area contributed by atoms with Gasteiger partial charge in [0.2, 0.25) is 5.91 Å². The Bertz CT molecular complexity index is 643. The number of amides is 1. The van der Waals surface area contributed by atoms with Gasteiger partial charge >= 0.3 is 5.97 Å². The molecule has 2 N–H and O–H groups in total. The van der Waals surface area contributed by atoms with Crippen molar-refractivity contribution < 1.29 is 19.4 Å². The number of nitrogens with one attached hydrogen (secondary N) is 1. The molecule has 2 aliphatic rings. The average molecular weight is 343 g/mol. The van der Waals surface area contributed by atoms with Crippen LogP contribution in [0.5, 0.6) is 5.75 Å². The molecule has 1 amide bonds. The summed E-state index contributed by atoms with van der Waals surface area (Å²) in [6, 6.07) is 6.71. The zero-order valence-corrected chi connectivity index (χ0v) is 14.5. The molecule has 0 saturated heterocycles. The Kier molecular flexibility index (Phi) is 5.41. The van der Waals surface area contributed by atoms with E-state index in [1.807, 2.05) is 0 Å². The maximum Gasteiger partial charge on any atom is 0.310 e. The van der Waals surface area contributed by atoms with Crippen LogP contribution in [-0.2, 0) is 20.7 Å². The van der Waals surface area contributed by atoms with Crippen molar-refractivity contribution in [3.63, 3.8) is 0 Å². The molecule has 5 heteroatoms. The van der Waals surface area contributed by atoms with Gasteiger partial charge in [-0.2, -0.15) is 0 Å². The normalized spacial score (nSPS) is 17.5. The molecule has 0 aliphatic heterocycles. The van der Waals surface area contributed by atoms with Crippen LogP contribution in [0, 0.1) is 17.8 Å². The van der Waals surface area contributed by atoms with Crippen LogP contribution in [0.1, 0.15) is 31.2 Å². The van der Waals surface area contributed by atoms with Crippen molar-refractivity contribution >= 4 is 11.9 Å². The summed E-state index contributed by atoms with van der Waals surface area (Å²) in [7, 11) is 1.35. The van der Waals surface area contributed by atoms with E-state index in [-0.39, 0.29) is 24.2 Å². The second-order valence-corrected chi connectivity index (χ2v) is 7.03. The Morgan fingerprint density at radius 3 is 2.32 bits per heavy atom. The molecule has 134 valence electrons. The van der Waals surface area contributed by atoms with Gasteiger partial charge in [-0.15, -0.1) is 0 Å². The van der Waals surface area contributed by atoms with Crippen LogP contribution in [0.3, 0.4) is 0 Å². The first-order valence-corrected chi connectivity index (χ1v) is 8.92. The zero-order chi connectivity index (χ0) is 17.8. The number of phenols is 1. The van der Waals surface area contributed by atoms with Crippen molar-refractivity contribution in [2.24, 2.45) is 17.8 Å². The number of allylic oxidation sites excluding steroid dienone is 1. The lowest BCUT2D eigenvalue weighted by molar-refractivity contribution is -0.145. The van der Waals surface area contributed by atoms with Gasteiger partial charge in [-0.25, -0.2) is 0 Å². The number of carbonyl (C=O) groups excluding carboxylic acids is 2. The summed E-state index contributed by atoms with van der Waals surface area (Å²) in [6.45, 7) is 0.242. The second kappa shape index (κ2) is 7.72. The molecule has 5 nitrogen and oxygen atoms in total. The van der Waals surface area contributed by atoms with E-state index in [1.54, 1.807) is 30.3 Å². The minimum atomic E-state index is -0.447. The molecule has 0 unspecified atom stereocenters. The van der Waals surface area contributed by atoms with Gasteiger partial charge in [0.25, 0.3) is 0 Å². The third kappa shape index (κ3) is 5.08. The number of carbonyl (C=O) groups is 2. The molecule has 1 aromatic carbocycles. The summed E-state index contributed by atoms with van der Waals surface area (Å²) in [5.74, 6) is 0.482. The van der Waals surface area contributed by atoms with Crippen LogP contribution in [-0.4, -0.2) is 30.6 Å². The third-order valence-electron chi connectivity index (χ3n) is 4.87. The monoisotopic (exact) mass is 343 g/mol. The Hall–Kier alpha value is -2.30. The van der Waals surface area contributed by atoms with E-state index in [4.69, 9.17) is 4.74 Å². The Morgan fingerprint density at radius 1 is 1.20 bits per heavy atom. The minimum absolute atomic E-state index is 0.117. The second-order valence-electron chi connectivity index (χ2n) is 7.03. The van der Waals surface area contributed by atoms with Gasteiger partial charge in [0, 0.05) is 12.6 Å². The molecule has 0 aromatic heterocycles. The summed E-state index contributed by atoms with van der Waals surface area (Å²) < 4.78 is 4.86. The van der Waals surface area contributed by atoms with E-state index in [0.29, 0.717) is 18.3 Å². The number of phenolic OH excluding ortho intramolecular Hbond substituents is 1. The molecule has 0 bridgehead atoms. The molecule has 0 spiro atoms. The molecule has 0 heterocycles. The van der Waals surface area contributed by atoms with Gasteiger partial charge in [0.15, 0.2) is 0 Å². The van der Waals surface area contributed by atoms with Crippen molar-refractivity contribution in [3.05, 3.63) is 41.5 Å². The van der Waals surface area contributed by atoms with Gasteiger partial charge in [-0.05, 0) is 61.6 Å². The summed E-state index contributed by atoms with van der Waals surface area (Å²) in [6.07, 6.45) is 6.99. The van der Waals surface area contributed by atoms with E-state index in [2.05, 4.69) is 5.32 Å². The number of methoxy groups -OCH3 is 1. The van der Waals surface area contributed by atoms with E-state index < -0.39 is 5.92 Å². The highest BCUT2D eigenvalue weighted by Crippen LogP contribution is 2.48. The van der Waals surface area contributed by atoms with Crippen molar-refractivity contribution in [1.82, 2.24) is 5.32 Å². The van der Waals surface area contributed by atoms with Crippen LogP contribution < -0.4 is 5.32 Å². The third-order valence-corrected chi connectivity index (χ3v) is 4.87. The van der Waals surface area contributed by atoms with Crippen molar-refractivity contribution in [3.8, 4) is 5.75 Å². The first-order valence-electron chi connectivity index (χ1n) is 8.92. The molecule has 2 saturated carbocycles. The van der Waals surface area contributed by atoms with Crippen molar-refractivity contribution in [1.29, 1.82) is 0 Å². The first kappa shape index (κ1) is 17.5. The smallest absolute Gasteiger partial charge is 0.310 e. The fourth-order valence-corrected chi connectivity index (χ4v) is 3.15. The molecular weight excluding hydrogens is 318 g/mol. The quantitative estimate of drug-likeness (QED) is 0.562. The standard InChI is InChI=1S/C20H25NO4/c1-25-20(24)16(10-13-2-8-17(22)9-3-13)12-21-19(23)11-18(14-4-5-14)15-6-7-15/h2-3,8-9,11,14-16,22H,4-7,10,12H2,1H3,(H,21,23)/t16-/m0/s1. The SMILES string of the molecule is COC(=O)[C@H](CNC(=O)C=C(C1CC1)C1CC1)Cc1ccc(O)cc1. The Labute approximate surface area is 148 Å². The van der Waals surface area contributed by atoms with E-state index in [9.17, 15) is 14.7 Å². The average Bonchev–Trinajstić information content (AvgIpc) is 3.49. The molecular formula is C20H25NO4. The van der Waals surface area contributed by atoms with Crippen molar-refractivity contribution in [2.75, 3.05) is 13.7 Å². The van der Waals surface area contributed by atoms with Gasteiger partial charge in [-0.1, -0.05) is 17.7 Å². The highest BCUT2D eigenvalue weighted by atomic mass is 16.5. The van der Waals surface area contributed by atoms with Crippen LogP contribution >= 0.6 is 0 Å². The largest absolute Gasteiger partial charge is 0.508 e. The first-order chi connectivity index (χ1) is 12.1. The molecule has 25 heavy (non-hydrogen) atoms. The van der Waals surface area contributed by atoms with E-state index in [1.165, 1.54) is 38.4 Å². The van der Waals surface area contributed by atoms with Gasteiger partial charge in [0.1, 0.15) is 5.75 Å². The minimum Gasteiger partial charge on any atom is -0.508 e. The predicted molar refractivity (Wildman–Crippen MR) is 93.9 cm³/mol. The highest BCUT2D eigenvalue weighted by Gasteiger charge is 2.36. The maximum atomic E-state index is 12.3. The molecule has 2 fully saturated rings. The van der Waals surface area contributed by atoms with Gasteiger partial charge < -0.3 is 15.2 Å². The maximum absolute atomic E-state index is 12.3. The fourth-order valence-electron chi connectivity index (χ4n) is 3.15. The number of hydrogen-bond acceptors (Lipinski definition) is 4.